The summed E-state index contributed by atoms with van der Waals surface area (Å²) in [5.41, 5.74) is 2.96. The molecule has 4 rings (SSSR count). The number of carbonyl (C=O) groups excluding carboxylic acids is 3. The number of ketones is 1. The van der Waals surface area contributed by atoms with E-state index in [1.165, 1.54) is 0 Å². The fourth-order valence-corrected chi connectivity index (χ4v) is 4.03. The van der Waals surface area contributed by atoms with Gasteiger partial charge < -0.3 is 5.32 Å². The summed E-state index contributed by atoms with van der Waals surface area (Å²) >= 11 is 0. The van der Waals surface area contributed by atoms with E-state index in [1.807, 2.05) is 75.4 Å². The molecule has 1 unspecified atom stereocenters. The van der Waals surface area contributed by atoms with Gasteiger partial charge in [0, 0.05) is 5.56 Å². The van der Waals surface area contributed by atoms with Crippen LogP contribution in [0.5, 0.6) is 0 Å². The number of benzene rings is 3. The Morgan fingerprint density at radius 3 is 2.30 bits per heavy atom. The maximum atomic E-state index is 13.2. The van der Waals surface area contributed by atoms with Crippen LogP contribution in [0.25, 0.3) is 10.8 Å². The molecule has 0 aromatic heterocycles. The highest BCUT2D eigenvalue weighted by Gasteiger charge is 2.49. The fraction of sp³-hybridized carbons (Fsp3) is 0.240. The Balaban J connectivity index is 1.63. The number of nitrogens with one attached hydrogen (secondary N) is 1. The van der Waals surface area contributed by atoms with Crippen molar-refractivity contribution in [3.05, 3.63) is 82.4 Å². The second-order valence-corrected chi connectivity index (χ2v) is 8.18. The zero-order chi connectivity index (χ0) is 21.6. The first-order valence-electron chi connectivity index (χ1n) is 9.95. The molecule has 3 aromatic rings. The van der Waals surface area contributed by atoms with Crippen molar-refractivity contribution in [2.24, 2.45) is 0 Å². The molecule has 0 aliphatic carbocycles. The molecular formula is C25H24N2O3. The summed E-state index contributed by atoms with van der Waals surface area (Å²) in [5.74, 6) is -0.667. The van der Waals surface area contributed by atoms with Crippen LogP contribution < -0.4 is 5.32 Å². The molecule has 5 heteroatoms. The quantitative estimate of drug-likeness (QED) is 0.521. The number of Topliss-reactive ketones (excluding diaryl/α,β-unsaturated/α-hetero) is 1. The van der Waals surface area contributed by atoms with Crippen LogP contribution in [0.15, 0.2) is 54.6 Å². The minimum atomic E-state index is -1.21. The maximum absolute atomic E-state index is 13.2. The highest BCUT2D eigenvalue weighted by atomic mass is 16.2. The zero-order valence-electron chi connectivity index (χ0n) is 17.6. The number of imide groups is 1. The van der Waals surface area contributed by atoms with Crippen LogP contribution in [0, 0.1) is 20.8 Å². The Hall–Kier alpha value is -3.47. The number of nitrogens with zero attached hydrogens (tertiary/aromatic N) is 1. The second kappa shape index (κ2) is 7.10. The summed E-state index contributed by atoms with van der Waals surface area (Å²) in [7, 11) is 0. The van der Waals surface area contributed by atoms with Gasteiger partial charge in [0.25, 0.3) is 5.91 Å². The summed E-state index contributed by atoms with van der Waals surface area (Å²) in [6.07, 6.45) is 0. The van der Waals surface area contributed by atoms with Gasteiger partial charge in [0.05, 0.1) is 6.54 Å². The molecule has 1 fully saturated rings. The van der Waals surface area contributed by atoms with Gasteiger partial charge in [-0.1, -0.05) is 42.5 Å². The van der Waals surface area contributed by atoms with Crippen LogP contribution >= 0.6 is 0 Å². The predicted octanol–water partition coefficient (Wildman–Crippen LogP) is 4.41. The van der Waals surface area contributed by atoms with Crippen LogP contribution in [0.4, 0.5) is 4.79 Å². The lowest BCUT2D eigenvalue weighted by molar-refractivity contribution is -0.130. The Morgan fingerprint density at radius 1 is 0.900 bits per heavy atom. The van der Waals surface area contributed by atoms with Gasteiger partial charge in [-0.25, -0.2) is 4.79 Å². The van der Waals surface area contributed by atoms with Gasteiger partial charge >= 0.3 is 6.03 Å². The number of aryl methyl sites for hydroxylation is 3. The molecule has 0 spiro atoms. The molecule has 152 valence electrons. The van der Waals surface area contributed by atoms with Crippen molar-refractivity contribution in [2.45, 2.75) is 33.2 Å². The first-order chi connectivity index (χ1) is 14.2. The SMILES string of the molecule is Cc1cc(C)c(C(=O)CN2C(=O)NC(C)(c3ccc4ccccc4c3)C2=O)cc1C. The third-order valence-electron chi connectivity index (χ3n) is 6.04. The van der Waals surface area contributed by atoms with Crippen LogP contribution in [0.2, 0.25) is 0 Å². The maximum Gasteiger partial charge on any atom is 0.325 e. The van der Waals surface area contributed by atoms with Crippen LogP contribution in [-0.4, -0.2) is 29.2 Å². The summed E-state index contributed by atoms with van der Waals surface area (Å²) < 4.78 is 0. The van der Waals surface area contributed by atoms with E-state index in [0.29, 0.717) is 11.1 Å². The number of urea groups is 1. The lowest BCUT2D eigenvalue weighted by Crippen LogP contribution is -2.41. The Bertz CT molecular complexity index is 1210. The van der Waals surface area contributed by atoms with Crippen molar-refractivity contribution in [1.82, 2.24) is 10.2 Å². The van der Waals surface area contributed by atoms with Crippen molar-refractivity contribution < 1.29 is 14.4 Å². The fourth-order valence-electron chi connectivity index (χ4n) is 4.03. The van der Waals surface area contributed by atoms with Gasteiger partial charge in [-0.3, -0.25) is 14.5 Å². The molecule has 1 heterocycles. The molecule has 1 atom stereocenters. The molecule has 5 nitrogen and oxygen atoms in total. The predicted molar refractivity (Wildman–Crippen MR) is 117 cm³/mol. The van der Waals surface area contributed by atoms with Gasteiger partial charge in [-0.15, -0.1) is 0 Å². The van der Waals surface area contributed by atoms with Gasteiger partial charge in [0.2, 0.25) is 0 Å². The molecule has 30 heavy (non-hydrogen) atoms. The van der Waals surface area contributed by atoms with Crippen molar-refractivity contribution in [2.75, 3.05) is 6.54 Å². The lowest BCUT2D eigenvalue weighted by atomic mass is 9.90. The standard InChI is InChI=1S/C25H24N2O3/c1-15-11-17(3)21(12-16(15)2)22(28)14-27-23(29)25(4,26-24(27)30)20-10-9-18-7-5-6-8-19(18)13-20/h5-13H,14H2,1-4H3,(H,26,30). The molecule has 1 saturated heterocycles. The summed E-state index contributed by atoms with van der Waals surface area (Å²) in [6.45, 7) is 7.20. The van der Waals surface area contributed by atoms with Gasteiger partial charge in [0.15, 0.2) is 5.78 Å². The van der Waals surface area contributed by atoms with Crippen molar-refractivity contribution in [3.8, 4) is 0 Å². The molecule has 3 amide bonds. The molecule has 3 aromatic carbocycles. The van der Waals surface area contributed by atoms with E-state index >= 15 is 0 Å². The number of rotatable bonds is 4. The van der Waals surface area contributed by atoms with E-state index < -0.39 is 17.5 Å². The van der Waals surface area contributed by atoms with Gasteiger partial charge in [0.1, 0.15) is 5.54 Å². The van der Waals surface area contributed by atoms with E-state index in [0.717, 1.165) is 32.4 Å². The van der Waals surface area contributed by atoms with E-state index in [9.17, 15) is 14.4 Å². The second-order valence-electron chi connectivity index (χ2n) is 8.18. The molecule has 1 aliphatic heterocycles. The molecule has 1 N–H and O–H groups in total. The Morgan fingerprint density at radius 2 is 1.57 bits per heavy atom. The van der Waals surface area contributed by atoms with Gasteiger partial charge in [-0.2, -0.15) is 0 Å². The first kappa shape index (κ1) is 19.8. The van der Waals surface area contributed by atoms with Crippen molar-refractivity contribution >= 4 is 28.5 Å². The summed E-state index contributed by atoms with van der Waals surface area (Å²) in [5, 5.41) is 4.83. The smallest absolute Gasteiger partial charge is 0.319 e. The van der Waals surface area contributed by atoms with Gasteiger partial charge in [-0.05, 0) is 72.9 Å². The molecule has 0 bridgehead atoms. The highest BCUT2D eigenvalue weighted by Crippen LogP contribution is 2.31. The lowest BCUT2D eigenvalue weighted by Gasteiger charge is -2.22. The average molecular weight is 400 g/mol. The normalized spacial score (nSPS) is 18.7. The largest absolute Gasteiger partial charge is 0.325 e. The van der Waals surface area contributed by atoms with E-state index in [2.05, 4.69) is 5.32 Å². The number of hydrogen-bond acceptors (Lipinski definition) is 3. The van der Waals surface area contributed by atoms with E-state index in [-0.39, 0.29) is 12.3 Å². The number of hydrogen-bond donors (Lipinski definition) is 1. The number of carbonyl (C=O) groups is 3. The molecule has 1 aliphatic rings. The minimum Gasteiger partial charge on any atom is -0.319 e. The molecular weight excluding hydrogens is 376 g/mol. The van der Waals surface area contributed by atoms with Crippen LogP contribution in [0.1, 0.15) is 39.5 Å². The zero-order valence-corrected chi connectivity index (χ0v) is 17.6. The average Bonchev–Trinajstić information content (AvgIpc) is 2.94. The summed E-state index contributed by atoms with van der Waals surface area (Å²) in [4.78, 5) is 39.8. The number of amides is 3. The molecule has 0 radical (unpaired) electrons. The summed E-state index contributed by atoms with van der Waals surface area (Å²) in [6, 6.07) is 16.8. The topological polar surface area (TPSA) is 66.5 Å². The van der Waals surface area contributed by atoms with E-state index in [4.69, 9.17) is 0 Å². The van der Waals surface area contributed by atoms with Crippen molar-refractivity contribution in [3.63, 3.8) is 0 Å². The monoisotopic (exact) mass is 400 g/mol. The highest BCUT2D eigenvalue weighted by molar-refractivity contribution is 6.11. The third-order valence-corrected chi connectivity index (χ3v) is 6.04. The Labute approximate surface area is 175 Å². The van der Waals surface area contributed by atoms with Crippen LogP contribution in [0.3, 0.4) is 0 Å². The number of fused-ring (bicyclic) bond motifs is 1. The third kappa shape index (κ3) is 3.16. The first-order valence-corrected chi connectivity index (χ1v) is 9.95. The van der Waals surface area contributed by atoms with E-state index in [1.54, 1.807) is 6.92 Å². The Kier molecular flexibility index (Phi) is 4.69. The van der Waals surface area contributed by atoms with Crippen molar-refractivity contribution in [1.29, 1.82) is 0 Å². The molecule has 0 saturated carbocycles. The van der Waals surface area contributed by atoms with Crippen LogP contribution in [-0.2, 0) is 10.3 Å². The minimum absolute atomic E-state index is 0.248.